The summed E-state index contributed by atoms with van der Waals surface area (Å²) in [4.78, 5) is 13.0. The third-order valence-electron chi connectivity index (χ3n) is 3.47. The van der Waals surface area contributed by atoms with Gasteiger partial charge in [0, 0.05) is 0 Å². The number of ether oxygens (including phenoxy) is 1. The Balaban J connectivity index is 2.32. The highest BCUT2D eigenvalue weighted by Gasteiger charge is 2.24. The van der Waals surface area contributed by atoms with Crippen LogP contribution in [0.5, 0.6) is 5.75 Å². The SMILES string of the molecule is CCc1ccc2oc(-c3ccco3)c(OC(C)(C)C)c(=O)c2c1. The van der Waals surface area contributed by atoms with E-state index in [1.54, 1.807) is 18.4 Å². The molecule has 0 aliphatic rings. The van der Waals surface area contributed by atoms with Crippen molar-refractivity contribution in [3.8, 4) is 17.3 Å². The third kappa shape index (κ3) is 3.02. The summed E-state index contributed by atoms with van der Waals surface area (Å²) in [6.45, 7) is 7.73. The molecule has 4 heteroatoms. The van der Waals surface area contributed by atoms with Crippen LogP contribution in [-0.4, -0.2) is 5.60 Å². The third-order valence-corrected chi connectivity index (χ3v) is 3.47. The fraction of sp³-hybridized carbons (Fsp3) is 0.316. The monoisotopic (exact) mass is 312 g/mol. The molecular weight excluding hydrogens is 292 g/mol. The molecule has 0 saturated heterocycles. The van der Waals surface area contributed by atoms with Gasteiger partial charge in [-0.15, -0.1) is 0 Å². The number of furan rings is 1. The molecule has 0 unspecified atom stereocenters. The lowest BCUT2D eigenvalue weighted by Crippen LogP contribution is -2.26. The number of benzene rings is 1. The smallest absolute Gasteiger partial charge is 0.235 e. The van der Waals surface area contributed by atoms with E-state index in [1.807, 2.05) is 45.9 Å². The van der Waals surface area contributed by atoms with Crippen LogP contribution in [-0.2, 0) is 6.42 Å². The number of hydrogen-bond donors (Lipinski definition) is 0. The van der Waals surface area contributed by atoms with Gasteiger partial charge < -0.3 is 13.6 Å². The molecule has 3 aromatic rings. The van der Waals surface area contributed by atoms with E-state index in [1.165, 1.54) is 0 Å². The van der Waals surface area contributed by atoms with Crippen molar-refractivity contribution in [1.82, 2.24) is 0 Å². The topological polar surface area (TPSA) is 52.6 Å². The van der Waals surface area contributed by atoms with Crippen LogP contribution in [0, 0.1) is 0 Å². The lowest BCUT2D eigenvalue weighted by molar-refractivity contribution is 0.127. The fourth-order valence-electron chi connectivity index (χ4n) is 2.41. The Morgan fingerprint density at radius 3 is 2.57 bits per heavy atom. The van der Waals surface area contributed by atoms with Gasteiger partial charge >= 0.3 is 0 Å². The second-order valence-corrected chi connectivity index (χ2v) is 6.47. The Morgan fingerprint density at radius 2 is 1.96 bits per heavy atom. The van der Waals surface area contributed by atoms with E-state index in [4.69, 9.17) is 13.6 Å². The highest BCUT2D eigenvalue weighted by Crippen LogP contribution is 2.33. The largest absolute Gasteiger partial charge is 0.480 e. The molecule has 0 N–H and O–H groups in total. The molecule has 0 fully saturated rings. The zero-order chi connectivity index (χ0) is 16.6. The predicted molar refractivity (Wildman–Crippen MR) is 89.9 cm³/mol. The maximum atomic E-state index is 13.0. The van der Waals surface area contributed by atoms with Crippen LogP contribution in [0.3, 0.4) is 0 Å². The summed E-state index contributed by atoms with van der Waals surface area (Å²) in [6.07, 6.45) is 2.39. The summed E-state index contributed by atoms with van der Waals surface area (Å²) < 4.78 is 17.3. The van der Waals surface area contributed by atoms with Gasteiger partial charge in [-0.1, -0.05) is 13.0 Å². The van der Waals surface area contributed by atoms with Crippen molar-refractivity contribution in [3.63, 3.8) is 0 Å². The molecule has 3 rings (SSSR count). The van der Waals surface area contributed by atoms with Crippen molar-refractivity contribution < 1.29 is 13.6 Å². The number of fused-ring (bicyclic) bond motifs is 1. The fourth-order valence-corrected chi connectivity index (χ4v) is 2.41. The average molecular weight is 312 g/mol. The first-order valence-corrected chi connectivity index (χ1v) is 7.71. The second kappa shape index (κ2) is 5.61. The van der Waals surface area contributed by atoms with E-state index in [-0.39, 0.29) is 11.2 Å². The van der Waals surface area contributed by atoms with Gasteiger partial charge in [0.1, 0.15) is 11.2 Å². The summed E-state index contributed by atoms with van der Waals surface area (Å²) >= 11 is 0. The second-order valence-electron chi connectivity index (χ2n) is 6.47. The highest BCUT2D eigenvalue weighted by atomic mass is 16.5. The van der Waals surface area contributed by atoms with E-state index in [0.717, 1.165) is 12.0 Å². The standard InChI is InChI=1S/C19H20O4/c1-5-12-8-9-14-13(11-12)16(20)18(23-19(2,3)4)17(22-14)15-7-6-10-21-15/h6-11H,5H2,1-4H3. The number of aryl methyl sites for hydroxylation is 1. The van der Waals surface area contributed by atoms with Crippen molar-refractivity contribution in [3.05, 3.63) is 52.4 Å². The number of rotatable bonds is 3. The first-order chi connectivity index (χ1) is 10.9. The lowest BCUT2D eigenvalue weighted by atomic mass is 10.1. The Hall–Kier alpha value is -2.49. The van der Waals surface area contributed by atoms with Gasteiger partial charge in [-0.2, -0.15) is 0 Å². The Labute approximate surface area is 134 Å². The van der Waals surface area contributed by atoms with E-state index >= 15 is 0 Å². The van der Waals surface area contributed by atoms with Crippen molar-refractivity contribution in [2.75, 3.05) is 0 Å². The zero-order valence-corrected chi connectivity index (χ0v) is 13.8. The molecule has 4 nitrogen and oxygen atoms in total. The minimum atomic E-state index is -0.522. The van der Waals surface area contributed by atoms with Crippen LogP contribution in [0.2, 0.25) is 0 Å². The molecule has 2 aromatic heterocycles. The molecule has 2 heterocycles. The summed E-state index contributed by atoms with van der Waals surface area (Å²) in [6, 6.07) is 9.15. The van der Waals surface area contributed by atoms with Gasteiger partial charge in [-0.25, -0.2) is 0 Å². The highest BCUT2D eigenvalue weighted by molar-refractivity contribution is 5.81. The normalized spacial score (nSPS) is 11.8. The van der Waals surface area contributed by atoms with E-state index < -0.39 is 5.60 Å². The molecule has 0 aliphatic carbocycles. The first-order valence-electron chi connectivity index (χ1n) is 7.71. The van der Waals surface area contributed by atoms with Crippen LogP contribution >= 0.6 is 0 Å². The Bertz CT molecular complexity index is 880. The molecule has 0 bridgehead atoms. The van der Waals surface area contributed by atoms with Crippen LogP contribution in [0.4, 0.5) is 0 Å². The van der Waals surface area contributed by atoms with Crippen molar-refractivity contribution in [2.24, 2.45) is 0 Å². The minimum absolute atomic E-state index is 0.178. The van der Waals surface area contributed by atoms with Gasteiger partial charge in [0.15, 0.2) is 5.76 Å². The maximum absolute atomic E-state index is 13.0. The summed E-state index contributed by atoms with van der Waals surface area (Å²) in [5, 5.41) is 0.527. The molecule has 0 radical (unpaired) electrons. The van der Waals surface area contributed by atoms with Crippen LogP contribution in [0.1, 0.15) is 33.3 Å². The Morgan fingerprint density at radius 1 is 1.17 bits per heavy atom. The summed E-state index contributed by atoms with van der Waals surface area (Å²) in [5.41, 5.74) is 0.909. The van der Waals surface area contributed by atoms with Gasteiger partial charge in [0.2, 0.25) is 16.9 Å². The maximum Gasteiger partial charge on any atom is 0.235 e. The molecule has 23 heavy (non-hydrogen) atoms. The van der Waals surface area contributed by atoms with E-state index in [2.05, 4.69) is 0 Å². The average Bonchev–Trinajstić information content (AvgIpc) is 3.02. The Kier molecular flexibility index (Phi) is 3.76. The number of hydrogen-bond acceptors (Lipinski definition) is 4. The van der Waals surface area contributed by atoms with Crippen LogP contribution < -0.4 is 10.2 Å². The van der Waals surface area contributed by atoms with Crippen LogP contribution in [0.15, 0.2) is 50.2 Å². The van der Waals surface area contributed by atoms with Gasteiger partial charge in [-0.05, 0) is 57.0 Å². The summed E-state index contributed by atoms with van der Waals surface area (Å²) in [5.74, 6) is 0.989. The van der Waals surface area contributed by atoms with E-state index in [0.29, 0.717) is 22.5 Å². The van der Waals surface area contributed by atoms with E-state index in [9.17, 15) is 4.79 Å². The van der Waals surface area contributed by atoms with Crippen molar-refractivity contribution in [2.45, 2.75) is 39.7 Å². The molecular formula is C19H20O4. The van der Waals surface area contributed by atoms with Gasteiger partial charge in [0.05, 0.1) is 11.6 Å². The molecule has 0 saturated carbocycles. The zero-order valence-electron chi connectivity index (χ0n) is 13.8. The molecule has 0 atom stereocenters. The minimum Gasteiger partial charge on any atom is -0.480 e. The molecule has 120 valence electrons. The van der Waals surface area contributed by atoms with Crippen molar-refractivity contribution >= 4 is 11.0 Å². The predicted octanol–water partition coefficient (Wildman–Crippen LogP) is 4.79. The van der Waals surface area contributed by atoms with Crippen molar-refractivity contribution in [1.29, 1.82) is 0 Å². The molecule has 0 aliphatic heterocycles. The van der Waals surface area contributed by atoms with Gasteiger partial charge in [0.25, 0.3) is 0 Å². The lowest BCUT2D eigenvalue weighted by Gasteiger charge is -2.22. The van der Waals surface area contributed by atoms with Crippen LogP contribution in [0.25, 0.3) is 22.5 Å². The molecule has 1 aromatic carbocycles. The first kappa shape index (κ1) is 15.4. The quantitative estimate of drug-likeness (QED) is 0.697. The summed E-state index contributed by atoms with van der Waals surface area (Å²) in [7, 11) is 0. The molecule has 0 spiro atoms. The van der Waals surface area contributed by atoms with Gasteiger partial charge in [-0.3, -0.25) is 4.79 Å². The molecule has 0 amide bonds.